The van der Waals surface area contributed by atoms with E-state index in [0.717, 1.165) is 34.0 Å². The van der Waals surface area contributed by atoms with Gasteiger partial charge in [-0.15, -0.1) is 0 Å². The van der Waals surface area contributed by atoms with Gasteiger partial charge in [0.05, 0.1) is 17.0 Å². The Balaban J connectivity index is 1.64. The molecule has 3 aromatic carbocycles. The molecular weight excluding hydrogens is 416 g/mol. The predicted molar refractivity (Wildman–Crippen MR) is 134 cm³/mol. The van der Waals surface area contributed by atoms with Crippen LogP contribution in [0.2, 0.25) is 5.02 Å². The summed E-state index contributed by atoms with van der Waals surface area (Å²) in [5, 5.41) is 6.94. The van der Waals surface area contributed by atoms with Gasteiger partial charge in [-0.05, 0) is 65.3 Å². The van der Waals surface area contributed by atoms with Gasteiger partial charge >= 0.3 is 0 Å². The summed E-state index contributed by atoms with van der Waals surface area (Å²) in [7, 11) is 0. The number of halogens is 1. The first kappa shape index (κ1) is 22.0. The van der Waals surface area contributed by atoms with Crippen molar-refractivity contribution >= 4 is 35.0 Å². The Kier molecular flexibility index (Phi) is 6.29. The Labute approximate surface area is 195 Å². The summed E-state index contributed by atoms with van der Waals surface area (Å²) >= 11 is 6.01. The number of aryl methyl sites for hydroxylation is 1. The molecule has 4 heteroatoms. The van der Waals surface area contributed by atoms with Gasteiger partial charge in [-0.2, -0.15) is 10.1 Å². The van der Waals surface area contributed by atoms with E-state index in [9.17, 15) is 4.79 Å². The number of para-hydroxylation sites is 1. The number of nitrogens with zero attached hydrogens (tertiary/aromatic N) is 2. The third-order valence-corrected chi connectivity index (χ3v) is 5.86. The van der Waals surface area contributed by atoms with Crippen molar-refractivity contribution in [1.82, 2.24) is 0 Å². The van der Waals surface area contributed by atoms with Gasteiger partial charge in [-0.25, -0.2) is 0 Å². The first-order valence-corrected chi connectivity index (χ1v) is 11.2. The summed E-state index contributed by atoms with van der Waals surface area (Å²) < 4.78 is 0. The van der Waals surface area contributed by atoms with Crippen LogP contribution in [0.3, 0.4) is 0 Å². The highest BCUT2D eigenvalue weighted by Crippen LogP contribution is 2.28. The van der Waals surface area contributed by atoms with E-state index < -0.39 is 0 Å². The Morgan fingerprint density at radius 3 is 2.16 bits per heavy atom. The molecule has 0 N–H and O–H groups in total. The molecule has 0 atom stereocenters. The van der Waals surface area contributed by atoms with E-state index >= 15 is 0 Å². The normalized spacial score (nSPS) is 15.4. The van der Waals surface area contributed by atoms with E-state index in [0.29, 0.717) is 12.0 Å². The molecular formula is C28H27ClN2O. The van der Waals surface area contributed by atoms with Crippen LogP contribution < -0.4 is 5.01 Å². The van der Waals surface area contributed by atoms with Gasteiger partial charge in [0.1, 0.15) is 0 Å². The fraction of sp³-hybridized carbons (Fsp3) is 0.214. The molecule has 1 aliphatic rings. The molecule has 32 heavy (non-hydrogen) atoms. The van der Waals surface area contributed by atoms with Crippen molar-refractivity contribution in [2.45, 2.75) is 39.0 Å². The maximum Gasteiger partial charge on any atom is 0.280 e. The van der Waals surface area contributed by atoms with Gasteiger partial charge < -0.3 is 0 Å². The Morgan fingerprint density at radius 1 is 0.875 bits per heavy atom. The van der Waals surface area contributed by atoms with E-state index in [2.05, 4.69) is 45.0 Å². The van der Waals surface area contributed by atoms with Crippen LogP contribution in [0.25, 0.3) is 6.08 Å². The highest BCUT2D eigenvalue weighted by atomic mass is 35.5. The minimum atomic E-state index is -0.0952. The van der Waals surface area contributed by atoms with Crippen LogP contribution in [0.4, 0.5) is 5.69 Å². The molecule has 0 radical (unpaired) electrons. The Morgan fingerprint density at radius 2 is 1.53 bits per heavy atom. The van der Waals surface area contributed by atoms with E-state index in [4.69, 9.17) is 16.7 Å². The number of benzene rings is 3. The standard InChI is InChI=1S/C28H27ClN2O/c1-28(2,3)22-14-9-21(10-15-22)19-25-26(18-13-20-11-16-23(29)17-12-20)30-31(27(25)32)24-7-5-4-6-8-24/h4-12,14-17,19H,13,18H2,1-3H3/b25-19-. The molecule has 4 rings (SSSR count). The SMILES string of the molecule is CC(C)(C)c1ccc(/C=C2\C(=O)N(c3ccccc3)N=C2CCc2ccc(Cl)cc2)cc1. The lowest BCUT2D eigenvalue weighted by Gasteiger charge is -2.18. The topological polar surface area (TPSA) is 32.7 Å². The second-order valence-corrected chi connectivity index (χ2v) is 9.49. The number of carbonyl (C=O) groups excluding carboxylic acids is 1. The first-order valence-electron chi connectivity index (χ1n) is 10.9. The van der Waals surface area contributed by atoms with E-state index in [1.807, 2.05) is 60.7 Å². The molecule has 0 saturated heterocycles. The van der Waals surface area contributed by atoms with E-state index in [1.54, 1.807) is 0 Å². The second-order valence-electron chi connectivity index (χ2n) is 9.06. The molecule has 0 bridgehead atoms. The van der Waals surface area contributed by atoms with Crippen LogP contribution >= 0.6 is 11.6 Å². The summed E-state index contributed by atoms with van der Waals surface area (Å²) in [4.78, 5) is 13.3. The quantitative estimate of drug-likeness (QED) is 0.389. The minimum absolute atomic E-state index is 0.0875. The number of hydrogen-bond donors (Lipinski definition) is 0. The average Bonchev–Trinajstić information content (AvgIpc) is 3.09. The van der Waals surface area contributed by atoms with Gasteiger partial charge in [-0.1, -0.05) is 87.0 Å². The van der Waals surface area contributed by atoms with Gasteiger partial charge in [0.25, 0.3) is 5.91 Å². The van der Waals surface area contributed by atoms with Crippen LogP contribution in [0.15, 0.2) is 89.5 Å². The molecule has 0 spiro atoms. The largest absolute Gasteiger partial charge is 0.280 e. The third-order valence-electron chi connectivity index (χ3n) is 5.61. The molecule has 162 valence electrons. The van der Waals surface area contributed by atoms with Crippen molar-refractivity contribution in [3.8, 4) is 0 Å². The lowest BCUT2D eigenvalue weighted by atomic mass is 9.86. The van der Waals surface area contributed by atoms with Gasteiger partial charge in [0.15, 0.2) is 0 Å². The fourth-order valence-corrected chi connectivity index (χ4v) is 3.82. The summed E-state index contributed by atoms with van der Waals surface area (Å²) in [6, 6.07) is 25.8. The highest BCUT2D eigenvalue weighted by Gasteiger charge is 2.30. The van der Waals surface area contributed by atoms with E-state index in [-0.39, 0.29) is 11.3 Å². The smallest absolute Gasteiger partial charge is 0.267 e. The Bertz CT molecular complexity index is 1150. The monoisotopic (exact) mass is 442 g/mol. The molecule has 0 aliphatic carbocycles. The van der Waals surface area contributed by atoms with Crippen LogP contribution in [0.5, 0.6) is 0 Å². The summed E-state index contributed by atoms with van der Waals surface area (Å²) in [5.41, 5.74) is 5.73. The third kappa shape index (κ3) is 5.00. The lowest BCUT2D eigenvalue weighted by Crippen LogP contribution is -2.21. The second kappa shape index (κ2) is 9.13. The molecule has 0 fully saturated rings. The molecule has 3 aromatic rings. The van der Waals surface area contributed by atoms with Crippen molar-refractivity contribution in [2.24, 2.45) is 5.10 Å². The lowest BCUT2D eigenvalue weighted by molar-refractivity contribution is -0.114. The number of amides is 1. The van der Waals surface area contributed by atoms with Crippen LogP contribution in [-0.2, 0) is 16.6 Å². The maximum atomic E-state index is 13.3. The van der Waals surface area contributed by atoms with E-state index in [1.165, 1.54) is 10.6 Å². The zero-order chi connectivity index (χ0) is 22.7. The molecule has 3 nitrogen and oxygen atoms in total. The summed E-state index contributed by atoms with van der Waals surface area (Å²) in [6.07, 6.45) is 3.41. The average molecular weight is 443 g/mol. The summed E-state index contributed by atoms with van der Waals surface area (Å²) in [5.74, 6) is -0.0952. The molecule has 0 aromatic heterocycles. The number of anilines is 1. The number of hydrogen-bond acceptors (Lipinski definition) is 2. The van der Waals surface area contributed by atoms with Crippen molar-refractivity contribution in [3.05, 3.63) is 106 Å². The molecule has 0 unspecified atom stereocenters. The molecule has 1 heterocycles. The minimum Gasteiger partial charge on any atom is -0.267 e. The van der Waals surface area contributed by atoms with Crippen molar-refractivity contribution < 1.29 is 4.79 Å². The van der Waals surface area contributed by atoms with Crippen LogP contribution in [0.1, 0.15) is 43.9 Å². The number of carbonyl (C=O) groups is 1. The fourth-order valence-electron chi connectivity index (χ4n) is 3.69. The predicted octanol–water partition coefficient (Wildman–Crippen LogP) is 7.06. The zero-order valence-electron chi connectivity index (χ0n) is 18.7. The van der Waals surface area contributed by atoms with Gasteiger partial charge in [-0.3, -0.25) is 4.79 Å². The highest BCUT2D eigenvalue weighted by molar-refractivity contribution is 6.32. The van der Waals surface area contributed by atoms with Crippen molar-refractivity contribution in [1.29, 1.82) is 0 Å². The Hall–Kier alpha value is -3.17. The van der Waals surface area contributed by atoms with Crippen LogP contribution in [0, 0.1) is 0 Å². The molecule has 1 aliphatic heterocycles. The van der Waals surface area contributed by atoms with Crippen molar-refractivity contribution in [2.75, 3.05) is 5.01 Å². The number of hydrazone groups is 1. The van der Waals surface area contributed by atoms with Crippen LogP contribution in [-0.4, -0.2) is 11.6 Å². The molecule has 0 saturated carbocycles. The number of rotatable bonds is 5. The van der Waals surface area contributed by atoms with Gasteiger partial charge in [0.2, 0.25) is 0 Å². The first-order chi connectivity index (χ1) is 15.3. The zero-order valence-corrected chi connectivity index (χ0v) is 19.4. The summed E-state index contributed by atoms with van der Waals surface area (Å²) in [6.45, 7) is 6.58. The maximum absolute atomic E-state index is 13.3. The molecule has 1 amide bonds. The van der Waals surface area contributed by atoms with Gasteiger partial charge in [0, 0.05) is 5.02 Å². The van der Waals surface area contributed by atoms with Crippen molar-refractivity contribution in [3.63, 3.8) is 0 Å².